The number of pyridine rings is 1. The van der Waals surface area contributed by atoms with Crippen molar-refractivity contribution in [3.8, 4) is 5.75 Å². The Bertz CT molecular complexity index is 376. The van der Waals surface area contributed by atoms with E-state index in [1.54, 1.807) is 0 Å². The normalized spacial score (nSPS) is 15.2. The van der Waals surface area contributed by atoms with Gasteiger partial charge >= 0.3 is 5.97 Å². The Morgan fingerprint density at radius 1 is 1.57 bits per heavy atom. The van der Waals surface area contributed by atoms with Gasteiger partial charge in [0.2, 0.25) is 0 Å². The van der Waals surface area contributed by atoms with E-state index in [-0.39, 0.29) is 11.9 Å². The summed E-state index contributed by atoms with van der Waals surface area (Å²) >= 11 is 0. The Balaban J connectivity index is 2.30. The van der Waals surface area contributed by atoms with Gasteiger partial charge in [0.05, 0.1) is 12.3 Å². The molecule has 74 valence electrons. The van der Waals surface area contributed by atoms with Gasteiger partial charge in [0, 0.05) is 6.20 Å². The zero-order chi connectivity index (χ0) is 10.1. The number of rotatable bonds is 3. The number of nitrogens with zero attached hydrogens (tertiary/aromatic N) is 1. The Morgan fingerprint density at radius 3 is 2.86 bits per heavy atom. The molecule has 0 unspecified atom stereocenters. The minimum absolute atomic E-state index is 0.0235. The van der Waals surface area contributed by atoms with Gasteiger partial charge in [-0.15, -0.1) is 0 Å². The van der Waals surface area contributed by atoms with Crippen LogP contribution in [0.5, 0.6) is 5.75 Å². The van der Waals surface area contributed by atoms with E-state index in [1.165, 1.54) is 6.20 Å². The third-order valence-corrected chi connectivity index (χ3v) is 1.90. The van der Waals surface area contributed by atoms with Crippen molar-refractivity contribution >= 4 is 5.97 Å². The number of hydrogen-bond donors (Lipinski definition) is 1. The molecule has 0 aromatic carbocycles. The lowest BCUT2D eigenvalue weighted by Gasteiger charge is -2.05. The second kappa shape index (κ2) is 3.25. The largest absolute Gasteiger partial charge is 0.486 e. The molecule has 0 spiro atoms. The van der Waals surface area contributed by atoms with Crippen molar-refractivity contribution in [2.24, 2.45) is 0 Å². The summed E-state index contributed by atoms with van der Waals surface area (Å²) in [5, 5.41) is 8.60. The molecule has 2 rings (SSSR count). The highest BCUT2D eigenvalue weighted by molar-refractivity contribution is 5.87. The number of aromatic carboxylic acids is 1. The summed E-state index contributed by atoms with van der Waals surface area (Å²) in [5.74, 6) is -2.26. The summed E-state index contributed by atoms with van der Waals surface area (Å²) in [6.07, 6.45) is 3.96. The maximum atomic E-state index is 13.4. The lowest BCUT2D eigenvalue weighted by atomic mass is 10.2. The first kappa shape index (κ1) is 8.93. The molecule has 5 heteroatoms. The van der Waals surface area contributed by atoms with Gasteiger partial charge < -0.3 is 9.84 Å². The van der Waals surface area contributed by atoms with Gasteiger partial charge in [-0.1, -0.05) is 0 Å². The topological polar surface area (TPSA) is 59.4 Å². The minimum atomic E-state index is -1.34. The van der Waals surface area contributed by atoms with Crippen LogP contribution in [0, 0.1) is 5.82 Å². The van der Waals surface area contributed by atoms with Gasteiger partial charge in [0.25, 0.3) is 0 Å². The van der Waals surface area contributed by atoms with Crippen molar-refractivity contribution in [2.45, 2.75) is 18.9 Å². The van der Waals surface area contributed by atoms with Crippen LogP contribution in [0.15, 0.2) is 12.4 Å². The fourth-order valence-electron chi connectivity index (χ4n) is 1.02. The number of aromatic nitrogens is 1. The molecule has 0 aliphatic heterocycles. The predicted molar refractivity (Wildman–Crippen MR) is 44.8 cm³/mol. The van der Waals surface area contributed by atoms with E-state index in [0.29, 0.717) is 0 Å². The highest BCUT2D eigenvalue weighted by Gasteiger charge is 2.26. The standard InChI is InChI=1S/C9H8FNO3/c10-8-6(9(12)13)3-11-4-7(8)14-5-1-2-5/h3-5H,1-2H2,(H,12,13). The van der Waals surface area contributed by atoms with Crippen LogP contribution in [0.4, 0.5) is 4.39 Å². The number of ether oxygens (including phenoxy) is 1. The zero-order valence-corrected chi connectivity index (χ0v) is 7.24. The molecular formula is C9H8FNO3. The molecule has 1 N–H and O–H groups in total. The van der Waals surface area contributed by atoms with Crippen LogP contribution < -0.4 is 4.74 Å². The molecule has 1 aliphatic rings. The second-order valence-electron chi connectivity index (χ2n) is 3.12. The molecule has 0 bridgehead atoms. The molecule has 0 atom stereocenters. The van der Waals surface area contributed by atoms with E-state index >= 15 is 0 Å². The van der Waals surface area contributed by atoms with Crippen LogP contribution in [0.3, 0.4) is 0 Å². The Labute approximate surface area is 79.3 Å². The van der Waals surface area contributed by atoms with Crippen molar-refractivity contribution < 1.29 is 19.0 Å². The number of carboxylic acids is 1. The molecule has 0 radical (unpaired) electrons. The average molecular weight is 197 g/mol. The lowest BCUT2D eigenvalue weighted by molar-refractivity contribution is 0.0690. The van der Waals surface area contributed by atoms with Crippen LogP contribution in [-0.4, -0.2) is 22.2 Å². The van der Waals surface area contributed by atoms with Gasteiger partial charge in [0.15, 0.2) is 11.6 Å². The van der Waals surface area contributed by atoms with Crippen molar-refractivity contribution in [2.75, 3.05) is 0 Å². The Hall–Kier alpha value is -1.65. The van der Waals surface area contributed by atoms with E-state index in [0.717, 1.165) is 19.0 Å². The first-order valence-corrected chi connectivity index (χ1v) is 4.22. The van der Waals surface area contributed by atoms with E-state index in [4.69, 9.17) is 9.84 Å². The monoisotopic (exact) mass is 197 g/mol. The van der Waals surface area contributed by atoms with Gasteiger partial charge in [0.1, 0.15) is 5.56 Å². The van der Waals surface area contributed by atoms with Crippen molar-refractivity contribution in [3.05, 3.63) is 23.8 Å². The fourth-order valence-corrected chi connectivity index (χ4v) is 1.02. The molecule has 1 saturated carbocycles. The summed E-state index contributed by atoms with van der Waals surface area (Å²) in [6, 6.07) is 0. The molecule has 1 aliphatic carbocycles. The summed E-state index contributed by atoms with van der Waals surface area (Å²) in [6.45, 7) is 0. The molecule has 1 aromatic rings. The van der Waals surface area contributed by atoms with Crippen LogP contribution >= 0.6 is 0 Å². The Kier molecular flexibility index (Phi) is 2.07. The van der Waals surface area contributed by atoms with E-state index < -0.39 is 17.3 Å². The SMILES string of the molecule is O=C(O)c1cncc(OC2CC2)c1F. The summed E-state index contributed by atoms with van der Waals surface area (Å²) < 4.78 is 18.5. The molecule has 1 fully saturated rings. The lowest BCUT2D eigenvalue weighted by Crippen LogP contribution is -2.06. The highest BCUT2D eigenvalue weighted by atomic mass is 19.1. The van der Waals surface area contributed by atoms with E-state index in [2.05, 4.69) is 4.98 Å². The van der Waals surface area contributed by atoms with Crippen LogP contribution in [0.2, 0.25) is 0 Å². The summed E-state index contributed by atoms with van der Waals surface area (Å²) in [7, 11) is 0. The van der Waals surface area contributed by atoms with E-state index in [9.17, 15) is 9.18 Å². The Morgan fingerprint density at radius 2 is 2.29 bits per heavy atom. The first-order valence-electron chi connectivity index (χ1n) is 4.22. The number of carbonyl (C=O) groups is 1. The van der Waals surface area contributed by atoms with Crippen molar-refractivity contribution in [3.63, 3.8) is 0 Å². The second-order valence-corrected chi connectivity index (χ2v) is 3.12. The minimum Gasteiger partial charge on any atom is -0.486 e. The first-order chi connectivity index (χ1) is 6.68. The predicted octanol–water partition coefficient (Wildman–Crippen LogP) is 1.46. The third kappa shape index (κ3) is 1.66. The highest BCUT2D eigenvalue weighted by Crippen LogP contribution is 2.28. The molecule has 1 aromatic heterocycles. The van der Waals surface area contributed by atoms with Crippen LogP contribution in [-0.2, 0) is 0 Å². The number of hydrogen-bond acceptors (Lipinski definition) is 3. The van der Waals surface area contributed by atoms with Crippen LogP contribution in [0.25, 0.3) is 0 Å². The maximum Gasteiger partial charge on any atom is 0.340 e. The van der Waals surface area contributed by atoms with Gasteiger partial charge in [-0.05, 0) is 12.8 Å². The van der Waals surface area contributed by atoms with Crippen molar-refractivity contribution in [1.29, 1.82) is 0 Å². The van der Waals surface area contributed by atoms with E-state index in [1.807, 2.05) is 0 Å². The zero-order valence-electron chi connectivity index (χ0n) is 7.24. The fraction of sp³-hybridized carbons (Fsp3) is 0.333. The molecule has 14 heavy (non-hydrogen) atoms. The number of halogens is 1. The molecule has 0 saturated heterocycles. The quantitative estimate of drug-likeness (QED) is 0.796. The smallest absolute Gasteiger partial charge is 0.340 e. The third-order valence-electron chi connectivity index (χ3n) is 1.90. The summed E-state index contributed by atoms with van der Waals surface area (Å²) in [4.78, 5) is 14.1. The van der Waals surface area contributed by atoms with Crippen LogP contribution in [0.1, 0.15) is 23.2 Å². The average Bonchev–Trinajstić information content (AvgIpc) is 2.92. The molecule has 0 amide bonds. The molecular weight excluding hydrogens is 189 g/mol. The summed E-state index contributed by atoms with van der Waals surface area (Å²) in [5.41, 5.74) is -0.455. The van der Waals surface area contributed by atoms with Gasteiger partial charge in [-0.3, -0.25) is 4.98 Å². The number of carboxylic acid groups (broad SMARTS) is 1. The van der Waals surface area contributed by atoms with Gasteiger partial charge in [-0.25, -0.2) is 9.18 Å². The maximum absolute atomic E-state index is 13.4. The molecule has 4 nitrogen and oxygen atoms in total. The van der Waals surface area contributed by atoms with Crippen molar-refractivity contribution in [1.82, 2.24) is 4.98 Å². The molecule has 1 heterocycles. The van der Waals surface area contributed by atoms with Gasteiger partial charge in [-0.2, -0.15) is 0 Å².